The lowest BCUT2D eigenvalue weighted by molar-refractivity contribution is 0.287. The monoisotopic (exact) mass is 313 g/mol. The summed E-state index contributed by atoms with van der Waals surface area (Å²) in [4.78, 5) is 2.06. The van der Waals surface area contributed by atoms with Crippen molar-refractivity contribution in [3.63, 3.8) is 0 Å². The van der Waals surface area contributed by atoms with Crippen molar-refractivity contribution in [3.8, 4) is 6.08 Å². The van der Waals surface area contributed by atoms with Gasteiger partial charge in [0.05, 0.1) is 7.11 Å². The Balaban J connectivity index is 1.97. The number of hydrogen-bond acceptors (Lipinski definition) is 6. The first-order valence-electron chi connectivity index (χ1n) is 7.76. The molecule has 0 atom stereocenters. The third kappa shape index (κ3) is 3.46. The van der Waals surface area contributed by atoms with E-state index in [4.69, 9.17) is 9.15 Å². The highest BCUT2D eigenvalue weighted by molar-refractivity contribution is 6.45. The molecule has 0 bridgehead atoms. The van der Waals surface area contributed by atoms with E-state index in [1.807, 2.05) is 30.3 Å². The maximum Gasteiger partial charge on any atom is 0.414 e. The van der Waals surface area contributed by atoms with Gasteiger partial charge in [-0.1, -0.05) is 41.0 Å². The Morgan fingerprint density at radius 2 is 1.91 bits per heavy atom. The van der Waals surface area contributed by atoms with E-state index < -0.39 is 7.05 Å². The van der Waals surface area contributed by atoms with E-state index in [0.29, 0.717) is 5.89 Å². The number of piperidine rings is 1. The summed E-state index contributed by atoms with van der Waals surface area (Å²) >= 11 is 0. The van der Waals surface area contributed by atoms with Gasteiger partial charge in [0.25, 0.3) is 5.89 Å². The van der Waals surface area contributed by atoms with E-state index in [9.17, 15) is 5.02 Å². The molecule has 1 fully saturated rings. The van der Waals surface area contributed by atoms with Crippen molar-refractivity contribution in [2.75, 3.05) is 20.2 Å². The second-order valence-electron chi connectivity index (χ2n) is 5.59. The quantitative estimate of drug-likeness (QED) is 0.872. The van der Waals surface area contributed by atoms with Crippen LogP contribution in [-0.4, -0.2) is 47.3 Å². The highest BCUT2D eigenvalue weighted by Crippen LogP contribution is 2.32. The minimum absolute atomic E-state index is 0.162. The van der Waals surface area contributed by atoms with Gasteiger partial charge in [-0.05, 0) is 38.3 Å². The van der Waals surface area contributed by atoms with Crippen LogP contribution in [0.3, 0.4) is 0 Å². The summed E-state index contributed by atoms with van der Waals surface area (Å²) in [5, 5.41) is 17.7. The molecular formula is C16H20BN3O3. The van der Waals surface area contributed by atoms with Gasteiger partial charge < -0.3 is 19.0 Å². The molecule has 1 N–H and O–H groups in total. The zero-order valence-corrected chi connectivity index (χ0v) is 13.4. The summed E-state index contributed by atoms with van der Waals surface area (Å²) in [6.45, 7) is 3.43. The normalized spacial score (nSPS) is 15.5. The molecule has 7 heteroatoms. The third-order valence-electron chi connectivity index (χ3n) is 4.14. The highest BCUT2D eigenvalue weighted by atomic mass is 16.6. The lowest BCUT2D eigenvalue weighted by atomic mass is 9.81. The first-order chi connectivity index (χ1) is 11.2. The van der Waals surface area contributed by atoms with Crippen molar-refractivity contribution in [1.29, 1.82) is 0 Å². The molecule has 2 heterocycles. The number of nitrogens with zero attached hydrogens (tertiary/aromatic N) is 3. The van der Waals surface area contributed by atoms with Crippen molar-refractivity contribution in [1.82, 2.24) is 15.0 Å². The topological polar surface area (TPSA) is 71.6 Å². The Kier molecular flexibility index (Phi) is 4.78. The van der Waals surface area contributed by atoms with E-state index >= 15 is 0 Å². The van der Waals surface area contributed by atoms with Gasteiger partial charge in [0, 0.05) is 5.57 Å². The van der Waals surface area contributed by atoms with Gasteiger partial charge in [0.1, 0.15) is 0 Å². The molecule has 2 aromatic rings. The van der Waals surface area contributed by atoms with Gasteiger partial charge in [-0.15, -0.1) is 5.10 Å². The molecular weight excluding hydrogens is 293 g/mol. The second kappa shape index (κ2) is 6.98. The number of ether oxygens (including phenoxy) is 1. The Bertz CT molecular complexity index is 675. The number of methoxy groups -OCH3 is 1. The fourth-order valence-electron chi connectivity index (χ4n) is 2.89. The number of aromatic nitrogens is 2. The van der Waals surface area contributed by atoms with E-state index in [-0.39, 0.29) is 6.08 Å². The zero-order valence-electron chi connectivity index (χ0n) is 13.4. The van der Waals surface area contributed by atoms with Crippen molar-refractivity contribution in [2.24, 2.45) is 0 Å². The van der Waals surface area contributed by atoms with Crippen LogP contribution < -0.4 is 4.74 Å². The van der Waals surface area contributed by atoms with Gasteiger partial charge in [-0.3, -0.25) is 0 Å². The molecule has 0 spiro atoms. The van der Waals surface area contributed by atoms with Crippen LogP contribution in [0.2, 0.25) is 6.82 Å². The Labute approximate surface area is 135 Å². The highest BCUT2D eigenvalue weighted by Gasteiger charge is 2.25. The van der Waals surface area contributed by atoms with Gasteiger partial charge >= 0.3 is 13.1 Å². The van der Waals surface area contributed by atoms with Crippen LogP contribution in [0.5, 0.6) is 6.08 Å². The summed E-state index contributed by atoms with van der Waals surface area (Å²) in [5.41, 5.74) is 3.30. The zero-order chi connectivity index (χ0) is 16.2. The van der Waals surface area contributed by atoms with E-state index in [2.05, 4.69) is 15.0 Å². The fourth-order valence-corrected chi connectivity index (χ4v) is 2.89. The fraction of sp³-hybridized carbons (Fsp3) is 0.375. The summed E-state index contributed by atoms with van der Waals surface area (Å²) in [6, 6.07) is 10.1. The van der Waals surface area contributed by atoms with E-state index in [1.165, 1.54) is 12.7 Å². The van der Waals surface area contributed by atoms with Crippen LogP contribution in [0.4, 0.5) is 0 Å². The Morgan fingerprint density at radius 3 is 2.48 bits per heavy atom. The average molecular weight is 313 g/mol. The van der Waals surface area contributed by atoms with Crippen LogP contribution in [0, 0.1) is 0 Å². The summed E-state index contributed by atoms with van der Waals surface area (Å²) in [5.74, 6) is 0.480. The molecule has 0 saturated carbocycles. The molecule has 3 rings (SSSR count). The largest absolute Gasteiger partial charge is 0.452 e. The summed E-state index contributed by atoms with van der Waals surface area (Å²) in [7, 11) is 1.09. The first kappa shape index (κ1) is 15.8. The molecule has 1 aliphatic rings. The Morgan fingerprint density at radius 1 is 1.22 bits per heavy atom. The van der Waals surface area contributed by atoms with Crippen LogP contribution >= 0.6 is 0 Å². The standard InChI is InChI=1S/C16H20BN3O3/c1-17(21)20-10-8-13(9-11-20)14(12-6-4-3-5-7-12)15-18-19-16(22-2)23-15/h3-7,21H,8-11H2,1-2H3. The molecule has 120 valence electrons. The number of benzene rings is 1. The van der Waals surface area contributed by atoms with Gasteiger partial charge in [0.15, 0.2) is 0 Å². The minimum atomic E-state index is -0.416. The molecule has 6 nitrogen and oxygen atoms in total. The van der Waals surface area contributed by atoms with Crippen molar-refractivity contribution in [3.05, 3.63) is 47.4 Å². The lowest BCUT2D eigenvalue weighted by Crippen LogP contribution is -2.41. The Hall–Kier alpha value is -2.12. The molecule has 23 heavy (non-hydrogen) atoms. The lowest BCUT2D eigenvalue weighted by Gasteiger charge is -2.30. The predicted octanol–water partition coefficient (Wildman–Crippen LogP) is 2.09. The molecule has 0 aliphatic carbocycles. The molecule has 0 unspecified atom stereocenters. The van der Waals surface area contributed by atoms with Crippen molar-refractivity contribution < 1.29 is 14.2 Å². The van der Waals surface area contributed by atoms with Gasteiger partial charge in [-0.25, -0.2) is 0 Å². The minimum Gasteiger partial charge on any atom is -0.452 e. The van der Waals surface area contributed by atoms with Crippen LogP contribution in [-0.2, 0) is 0 Å². The molecule has 1 aliphatic heterocycles. The SMILES string of the molecule is COc1nnc(C(=C2CCN(B(C)O)CC2)c2ccccc2)o1. The molecule has 1 aromatic heterocycles. The van der Waals surface area contributed by atoms with Crippen LogP contribution in [0.1, 0.15) is 24.3 Å². The molecule has 0 amide bonds. The maximum atomic E-state index is 9.72. The van der Waals surface area contributed by atoms with Gasteiger partial charge in [0.2, 0.25) is 0 Å². The van der Waals surface area contributed by atoms with Crippen molar-refractivity contribution >= 4 is 12.6 Å². The number of rotatable bonds is 4. The van der Waals surface area contributed by atoms with E-state index in [1.54, 1.807) is 6.82 Å². The number of hydrogen-bond donors (Lipinski definition) is 1. The van der Waals surface area contributed by atoms with Crippen molar-refractivity contribution in [2.45, 2.75) is 19.7 Å². The maximum absolute atomic E-state index is 9.72. The third-order valence-corrected chi connectivity index (χ3v) is 4.14. The predicted molar refractivity (Wildman–Crippen MR) is 88.0 cm³/mol. The molecule has 1 aromatic carbocycles. The smallest absolute Gasteiger partial charge is 0.414 e. The first-order valence-corrected chi connectivity index (χ1v) is 7.76. The summed E-state index contributed by atoms with van der Waals surface area (Å²) in [6.07, 6.45) is 1.88. The molecule has 0 radical (unpaired) electrons. The second-order valence-corrected chi connectivity index (χ2v) is 5.59. The van der Waals surface area contributed by atoms with E-state index in [0.717, 1.165) is 37.1 Å². The summed E-state index contributed by atoms with van der Waals surface area (Å²) < 4.78 is 10.6. The van der Waals surface area contributed by atoms with Gasteiger partial charge in [-0.2, -0.15) is 0 Å². The molecule has 1 saturated heterocycles. The van der Waals surface area contributed by atoms with Crippen LogP contribution in [0.15, 0.2) is 40.3 Å². The van der Waals surface area contributed by atoms with Crippen LogP contribution in [0.25, 0.3) is 5.57 Å². The average Bonchev–Trinajstić information content (AvgIpc) is 3.05.